The topological polar surface area (TPSA) is 99.2 Å². The summed E-state index contributed by atoms with van der Waals surface area (Å²) in [5.74, 6) is -0.220. The average molecular weight is 497 g/mol. The molecule has 7 nitrogen and oxygen atoms in total. The van der Waals surface area contributed by atoms with E-state index in [9.17, 15) is 19.1 Å². The molecule has 4 aromatic rings. The molecule has 2 aromatic heterocycles. The van der Waals surface area contributed by atoms with Gasteiger partial charge in [-0.15, -0.1) is 0 Å². The summed E-state index contributed by atoms with van der Waals surface area (Å²) in [6, 6.07) is 17.7. The number of benzene rings is 2. The van der Waals surface area contributed by atoms with Crippen molar-refractivity contribution in [3.63, 3.8) is 0 Å². The quantitative estimate of drug-likeness (QED) is 0.439. The number of hydrogen-bond acceptors (Lipinski definition) is 5. The van der Waals surface area contributed by atoms with Crippen LogP contribution in [0.1, 0.15) is 47.2 Å². The van der Waals surface area contributed by atoms with Crippen molar-refractivity contribution in [3.8, 4) is 11.1 Å². The molecular formula is C29H25FN4O3. The van der Waals surface area contributed by atoms with E-state index in [1.807, 2.05) is 18.2 Å². The van der Waals surface area contributed by atoms with Gasteiger partial charge in [0.2, 0.25) is 0 Å². The summed E-state index contributed by atoms with van der Waals surface area (Å²) >= 11 is 0. The van der Waals surface area contributed by atoms with E-state index in [1.54, 1.807) is 24.4 Å². The molecule has 1 aliphatic carbocycles. The molecule has 0 saturated heterocycles. The first-order chi connectivity index (χ1) is 17.9. The Balaban J connectivity index is 1.23. The Bertz CT molecular complexity index is 1550. The maximum atomic E-state index is 13.7. The molecule has 1 unspecified atom stereocenters. The number of amides is 1. The maximum Gasteiger partial charge on any atom is 0.256 e. The Morgan fingerprint density at radius 2 is 1.86 bits per heavy atom. The number of halogens is 1. The van der Waals surface area contributed by atoms with Crippen LogP contribution in [0.2, 0.25) is 0 Å². The lowest BCUT2D eigenvalue weighted by atomic mass is 9.94. The van der Waals surface area contributed by atoms with Gasteiger partial charge in [0.05, 0.1) is 23.2 Å². The minimum Gasteiger partial charge on any atom is -0.378 e. The van der Waals surface area contributed by atoms with Crippen molar-refractivity contribution in [3.05, 3.63) is 117 Å². The number of nitrogens with zero attached hydrogens (tertiary/aromatic N) is 3. The normalized spacial score (nSPS) is 16.6. The summed E-state index contributed by atoms with van der Waals surface area (Å²) in [6.07, 6.45) is 3.80. The summed E-state index contributed by atoms with van der Waals surface area (Å²) in [6.45, 7) is 0.414. The van der Waals surface area contributed by atoms with Crippen molar-refractivity contribution >= 4 is 5.91 Å². The van der Waals surface area contributed by atoms with Crippen molar-refractivity contribution in [2.75, 3.05) is 6.54 Å². The van der Waals surface area contributed by atoms with Crippen LogP contribution in [0.3, 0.4) is 0 Å². The molecule has 186 valence electrons. The predicted molar refractivity (Wildman–Crippen MR) is 135 cm³/mol. The average Bonchev–Trinajstić information content (AvgIpc) is 3.75. The third kappa shape index (κ3) is 4.23. The summed E-state index contributed by atoms with van der Waals surface area (Å²) in [4.78, 5) is 39.7. The Morgan fingerprint density at radius 3 is 2.62 bits per heavy atom. The lowest BCUT2D eigenvalue weighted by Gasteiger charge is -2.30. The number of rotatable bonds is 5. The van der Waals surface area contributed by atoms with Crippen LogP contribution in [0.4, 0.5) is 4.39 Å². The molecule has 2 N–H and O–H groups in total. The SMILES string of the molecule is O=C(C(O)c1cncc(-c2cccc(F)c2)c1)N1CCc2nc(C3(c4ccccc4)CC3)[nH]c(=O)c2C1. The number of aromatic nitrogens is 3. The molecule has 0 bridgehead atoms. The lowest BCUT2D eigenvalue weighted by molar-refractivity contribution is -0.141. The monoisotopic (exact) mass is 496 g/mol. The number of nitrogens with one attached hydrogen (secondary N) is 1. The third-order valence-corrected chi connectivity index (χ3v) is 7.38. The molecule has 1 saturated carbocycles. The molecule has 2 aromatic carbocycles. The maximum absolute atomic E-state index is 13.7. The minimum absolute atomic E-state index is 0.0726. The summed E-state index contributed by atoms with van der Waals surface area (Å²) < 4.78 is 13.7. The summed E-state index contributed by atoms with van der Waals surface area (Å²) in [5.41, 5.74) is 3.29. The highest BCUT2D eigenvalue weighted by atomic mass is 19.1. The van der Waals surface area contributed by atoms with E-state index in [0.717, 1.165) is 18.4 Å². The van der Waals surface area contributed by atoms with Gasteiger partial charge in [-0.2, -0.15) is 0 Å². The minimum atomic E-state index is -1.46. The summed E-state index contributed by atoms with van der Waals surface area (Å²) in [7, 11) is 0. The van der Waals surface area contributed by atoms with Crippen LogP contribution in [0.15, 0.2) is 77.9 Å². The van der Waals surface area contributed by atoms with Gasteiger partial charge in [0.15, 0.2) is 6.10 Å². The van der Waals surface area contributed by atoms with Gasteiger partial charge < -0.3 is 15.0 Å². The number of H-pyrrole nitrogens is 1. The van der Waals surface area contributed by atoms with E-state index in [2.05, 4.69) is 22.1 Å². The molecule has 0 spiro atoms. The van der Waals surface area contributed by atoms with Gasteiger partial charge in [-0.05, 0) is 42.2 Å². The highest BCUT2D eigenvalue weighted by Gasteiger charge is 2.48. The van der Waals surface area contributed by atoms with E-state index in [-0.39, 0.29) is 23.3 Å². The number of aliphatic hydroxyl groups excluding tert-OH is 1. The van der Waals surface area contributed by atoms with E-state index in [1.165, 1.54) is 23.2 Å². The molecule has 1 aliphatic heterocycles. The van der Waals surface area contributed by atoms with E-state index < -0.39 is 12.0 Å². The van der Waals surface area contributed by atoms with Crippen LogP contribution in [-0.2, 0) is 23.2 Å². The molecule has 8 heteroatoms. The van der Waals surface area contributed by atoms with Gasteiger partial charge in [0.1, 0.15) is 11.6 Å². The standard InChI is InChI=1S/C29H25FN4O3/c30-22-8-4-5-18(14-22)19-13-20(16-31-15-19)25(35)27(37)34-12-9-24-23(17-34)26(36)33-28(32-24)29(10-11-29)21-6-2-1-3-7-21/h1-8,13-16,25,35H,9-12,17H2,(H,32,33,36). The van der Waals surface area contributed by atoms with Crippen LogP contribution in [0.25, 0.3) is 11.1 Å². The van der Waals surface area contributed by atoms with Gasteiger partial charge in [-0.25, -0.2) is 9.37 Å². The Labute approximate surface area is 212 Å². The fraction of sp³-hybridized carbons (Fsp3) is 0.241. The highest BCUT2D eigenvalue weighted by molar-refractivity contribution is 5.82. The molecule has 1 amide bonds. The van der Waals surface area contributed by atoms with E-state index >= 15 is 0 Å². The first kappa shape index (κ1) is 23.2. The van der Waals surface area contributed by atoms with Crippen LogP contribution in [0.5, 0.6) is 0 Å². The number of pyridine rings is 1. The fourth-order valence-corrected chi connectivity index (χ4v) is 5.13. The Morgan fingerprint density at radius 1 is 1.05 bits per heavy atom. The molecule has 1 fully saturated rings. The first-order valence-electron chi connectivity index (χ1n) is 12.3. The number of aromatic amines is 1. The van der Waals surface area contributed by atoms with Crippen molar-refractivity contribution in [1.29, 1.82) is 0 Å². The molecule has 1 atom stereocenters. The van der Waals surface area contributed by atoms with Crippen molar-refractivity contribution in [1.82, 2.24) is 19.9 Å². The molecule has 2 aliphatic rings. The second-order valence-corrected chi connectivity index (χ2v) is 9.72. The van der Waals surface area contributed by atoms with Crippen molar-refractivity contribution < 1.29 is 14.3 Å². The zero-order valence-corrected chi connectivity index (χ0v) is 20.0. The molecule has 0 radical (unpaired) electrons. The first-order valence-corrected chi connectivity index (χ1v) is 12.3. The van der Waals surface area contributed by atoms with Gasteiger partial charge in [-0.3, -0.25) is 14.6 Å². The zero-order chi connectivity index (χ0) is 25.6. The zero-order valence-electron chi connectivity index (χ0n) is 20.0. The molecule has 37 heavy (non-hydrogen) atoms. The Kier molecular flexibility index (Phi) is 5.68. The second kappa shape index (κ2) is 9.05. The van der Waals surface area contributed by atoms with Crippen LogP contribution >= 0.6 is 0 Å². The van der Waals surface area contributed by atoms with Crippen LogP contribution < -0.4 is 5.56 Å². The van der Waals surface area contributed by atoms with E-state index in [4.69, 9.17) is 4.98 Å². The van der Waals surface area contributed by atoms with Crippen molar-refractivity contribution in [2.24, 2.45) is 0 Å². The summed E-state index contributed by atoms with van der Waals surface area (Å²) in [5, 5.41) is 10.9. The largest absolute Gasteiger partial charge is 0.378 e. The molecule has 3 heterocycles. The fourth-order valence-electron chi connectivity index (χ4n) is 5.13. The second-order valence-electron chi connectivity index (χ2n) is 9.72. The Hall–Kier alpha value is -4.17. The number of carbonyl (C=O) groups excluding carboxylic acids is 1. The van der Waals surface area contributed by atoms with Gasteiger partial charge in [0.25, 0.3) is 11.5 Å². The van der Waals surface area contributed by atoms with Gasteiger partial charge in [0, 0.05) is 36.5 Å². The smallest absolute Gasteiger partial charge is 0.256 e. The lowest BCUT2D eigenvalue weighted by Crippen LogP contribution is -2.42. The van der Waals surface area contributed by atoms with Crippen LogP contribution in [0, 0.1) is 5.82 Å². The van der Waals surface area contributed by atoms with Crippen molar-refractivity contribution in [2.45, 2.75) is 37.3 Å². The molecular weight excluding hydrogens is 471 g/mol. The van der Waals surface area contributed by atoms with Crippen LogP contribution in [-0.4, -0.2) is 37.4 Å². The van der Waals surface area contributed by atoms with Gasteiger partial charge >= 0.3 is 0 Å². The molecule has 6 rings (SSSR count). The predicted octanol–water partition coefficient (Wildman–Crippen LogP) is 3.67. The number of carbonyl (C=O) groups is 1. The third-order valence-electron chi connectivity index (χ3n) is 7.38. The number of aliphatic hydroxyl groups is 1. The van der Waals surface area contributed by atoms with Gasteiger partial charge in [-0.1, -0.05) is 42.5 Å². The highest BCUT2D eigenvalue weighted by Crippen LogP contribution is 2.51. The number of hydrogen-bond donors (Lipinski definition) is 2. The number of fused-ring (bicyclic) bond motifs is 1. The van der Waals surface area contributed by atoms with E-state index in [0.29, 0.717) is 46.7 Å².